The lowest BCUT2D eigenvalue weighted by molar-refractivity contribution is 0.0996. The molecule has 1 aromatic heterocycles. The van der Waals surface area contributed by atoms with Gasteiger partial charge in [-0.15, -0.1) is 0 Å². The Labute approximate surface area is 161 Å². The number of rotatable bonds is 4. The maximum Gasteiger partial charge on any atom is 0.280 e. The molecule has 7 heteroatoms. The van der Waals surface area contributed by atoms with Crippen LogP contribution in [-0.2, 0) is 11.3 Å². The second kappa shape index (κ2) is 7.77. The van der Waals surface area contributed by atoms with E-state index in [4.69, 9.17) is 16.3 Å². The third kappa shape index (κ3) is 3.72. The van der Waals surface area contributed by atoms with Crippen molar-refractivity contribution >= 4 is 61.7 Å². The fourth-order valence-electron chi connectivity index (χ4n) is 2.31. The highest BCUT2D eigenvalue weighted by molar-refractivity contribution is 14.1. The summed E-state index contributed by atoms with van der Waals surface area (Å²) in [5.41, 5.74) is 1.60. The molecule has 0 saturated carbocycles. The quantitative estimate of drug-likeness (QED) is 0.530. The van der Waals surface area contributed by atoms with Crippen molar-refractivity contribution < 1.29 is 9.53 Å². The van der Waals surface area contributed by atoms with Crippen molar-refractivity contribution in [2.45, 2.75) is 6.54 Å². The summed E-state index contributed by atoms with van der Waals surface area (Å²) < 4.78 is 9.05. The number of halogens is 2. The van der Waals surface area contributed by atoms with Gasteiger partial charge in [0.15, 0.2) is 4.80 Å². The van der Waals surface area contributed by atoms with E-state index in [1.165, 1.54) is 11.3 Å². The van der Waals surface area contributed by atoms with E-state index in [9.17, 15) is 4.79 Å². The summed E-state index contributed by atoms with van der Waals surface area (Å²) in [4.78, 5) is 17.6. The van der Waals surface area contributed by atoms with Crippen LogP contribution in [0.1, 0.15) is 10.4 Å². The largest absolute Gasteiger partial charge is 0.383 e. The number of benzene rings is 2. The maximum absolute atomic E-state index is 12.6. The first kappa shape index (κ1) is 17.6. The molecule has 0 N–H and O–H groups in total. The molecule has 24 heavy (non-hydrogen) atoms. The molecule has 0 radical (unpaired) electrons. The van der Waals surface area contributed by atoms with Gasteiger partial charge >= 0.3 is 0 Å². The minimum Gasteiger partial charge on any atom is -0.383 e. The summed E-state index contributed by atoms with van der Waals surface area (Å²) in [7, 11) is 1.65. The van der Waals surface area contributed by atoms with Crippen LogP contribution >= 0.6 is 45.5 Å². The average molecular weight is 473 g/mol. The fourth-order valence-corrected chi connectivity index (χ4v) is 4.26. The highest BCUT2D eigenvalue weighted by atomic mass is 127. The molecule has 0 spiro atoms. The van der Waals surface area contributed by atoms with E-state index in [1.54, 1.807) is 13.2 Å². The van der Waals surface area contributed by atoms with Crippen molar-refractivity contribution in [3.8, 4) is 0 Å². The van der Waals surface area contributed by atoms with Crippen LogP contribution in [0.25, 0.3) is 10.2 Å². The summed E-state index contributed by atoms with van der Waals surface area (Å²) >= 11 is 9.68. The van der Waals surface area contributed by atoms with Gasteiger partial charge in [0.2, 0.25) is 0 Å². The van der Waals surface area contributed by atoms with Crippen molar-refractivity contribution in [3.05, 3.63) is 61.4 Å². The third-order valence-electron chi connectivity index (χ3n) is 3.47. The number of aromatic nitrogens is 1. The number of thiazole rings is 1. The van der Waals surface area contributed by atoms with Gasteiger partial charge in [0, 0.05) is 22.2 Å². The van der Waals surface area contributed by atoms with E-state index < -0.39 is 0 Å². The van der Waals surface area contributed by atoms with Crippen molar-refractivity contribution in [3.63, 3.8) is 0 Å². The molecule has 0 aliphatic heterocycles. The fraction of sp³-hybridized carbons (Fsp3) is 0.176. The molecule has 0 fully saturated rings. The molecule has 0 aliphatic rings. The molecule has 1 amide bonds. The van der Waals surface area contributed by atoms with Crippen molar-refractivity contribution in [2.24, 2.45) is 4.99 Å². The maximum atomic E-state index is 12.6. The van der Waals surface area contributed by atoms with E-state index in [1.807, 2.05) is 41.0 Å². The number of fused-ring (bicyclic) bond motifs is 1. The molecule has 4 nitrogen and oxygen atoms in total. The van der Waals surface area contributed by atoms with E-state index in [0.29, 0.717) is 28.5 Å². The number of ether oxygens (including phenoxy) is 1. The lowest BCUT2D eigenvalue weighted by Crippen LogP contribution is -2.19. The second-order valence-electron chi connectivity index (χ2n) is 5.04. The number of nitrogens with zero attached hydrogens (tertiary/aromatic N) is 2. The Hall–Kier alpha value is -1.22. The molecule has 0 atom stereocenters. The standard InChI is InChI=1S/C17H14ClIN2O2S/c1-23-9-8-21-14-7-6-11(18)10-15(14)24-17(21)20-16(22)12-4-2-3-5-13(12)19/h2-7,10H,8-9H2,1H3. The van der Waals surface area contributed by atoms with E-state index >= 15 is 0 Å². The molecule has 1 heterocycles. The Morgan fingerprint density at radius 1 is 1.33 bits per heavy atom. The Balaban J connectivity index is 2.13. The van der Waals surface area contributed by atoms with Gasteiger partial charge in [0.1, 0.15) is 0 Å². The molecule has 124 valence electrons. The Bertz CT molecular complexity index is 965. The molecule has 3 rings (SSSR count). The van der Waals surface area contributed by atoms with Crippen LogP contribution in [0, 0.1) is 3.57 Å². The molecule has 3 aromatic rings. The van der Waals surface area contributed by atoms with Crippen molar-refractivity contribution in [1.29, 1.82) is 0 Å². The monoisotopic (exact) mass is 472 g/mol. The number of hydrogen-bond acceptors (Lipinski definition) is 3. The van der Waals surface area contributed by atoms with Crippen LogP contribution in [0.3, 0.4) is 0 Å². The Morgan fingerprint density at radius 2 is 2.12 bits per heavy atom. The summed E-state index contributed by atoms with van der Waals surface area (Å²) in [5.74, 6) is -0.246. The van der Waals surface area contributed by atoms with Crippen LogP contribution in [0.5, 0.6) is 0 Å². The van der Waals surface area contributed by atoms with Gasteiger partial charge in [-0.3, -0.25) is 4.79 Å². The van der Waals surface area contributed by atoms with Gasteiger partial charge in [-0.05, 0) is 52.9 Å². The van der Waals surface area contributed by atoms with Gasteiger partial charge in [-0.2, -0.15) is 4.99 Å². The smallest absolute Gasteiger partial charge is 0.280 e. The van der Waals surface area contributed by atoms with Crippen molar-refractivity contribution in [2.75, 3.05) is 13.7 Å². The van der Waals surface area contributed by atoms with E-state index in [-0.39, 0.29) is 5.91 Å². The highest BCUT2D eigenvalue weighted by Crippen LogP contribution is 2.22. The predicted octanol–water partition coefficient (Wildman–Crippen LogP) is 4.35. The number of amides is 1. The first-order chi connectivity index (χ1) is 11.6. The van der Waals surface area contributed by atoms with E-state index in [2.05, 4.69) is 27.6 Å². The van der Waals surface area contributed by atoms with E-state index in [0.717, 1.165) is 13.8 Å². The highest BCUT2D eigenvalue weighted by Gasteiger charge is 2.11. The summed E-state index contributed by atoms with van der Waals surface area (Å²) in [6.45, 7) is 1.16. The summed E-state index contributed by atoms with van der Waals surface area (Å²) in [6, 6.07) is 13.1. The summed E-state index contributed by atoms with van der Waals surface area (Å²) in [6.07, 6.45) is 0. The normalized spacial score (nSPS) is 12.0. The first-order valence-corrected chi connectivity index (χ1v) is 9.49. The minimum absolute atomic E-state index is 0.246. The predicted molar refractivity (Wildman–Crippen MR) is 106 cm³/mol. The molecule has 0 aliphatic carbocycles. The number of carbonyl (C=O) groups is 1. The van der Waals surface area contributed by atoms with Crippen LogP contribution < -0.4 is 4.80 Å². The zero-order chi connectivity index (χ0) is 17.1. The molecule has 0 bridgehead atoms. The van der Waals surface area contributed by atoms with Gasteiger partial charge in [-0.25, -0.2) is 0 Å². The molecule has 0 unspecified atom stereocenters. The number of hydrogen-bond donors (Lipinski definition) is 0. The number of carbonyl (C=O) groups excluding carboxylic acids is 1. The first-order valence-electron chi connectivity index (χ1n) is 7.21. The number of methoxy groups -OCH3 is 1. The lowest BCUT2D eigenvalue weighted by atomic mass is 10.2. The van der Waals surface area contributed by atoms with Crippen LogP contribution in [0.15, 0.2) is 47.5 Å². The van der Waals surface area contributed by atoms with Crippen molar-refractivity contribution in [1.82, 2.24) is 4.57 Å². The topological polar surface area (TPSA) is 43.6 Å². The van der Waals surface area contributed by atoms with Gasteiger partial charge in [0.05, 0.1) is 22.4 Å². The zero-order valence-corrected chi connectivity index (χ0v) is 16.6. The van der Waals surface area contributed by atoms with Gasteiger partial charge in [0.25, 0.3) is 5.91 Å². The minimum atomic E-state index is -0.246. The lowest BCUT2D eigenvalue weighted by Gasteiger charge is -2.04. The van der Waals surface area contributed by atoms with Crippen LogP contribution in [0.2, 0.25) is 5.02 Å². The molecule has 0 saturated heterocycles. The zero-order valence-electron chi connectivity index (χ0n) is 12.8. The Kier molecular flexibility index (Phi) is 5.70. The molecular formula is C17H14ClIN2O2S. The molecule has 2 aromatic carbocycles. The average Bonchev–Trinajstić information content (AvgIpc) is 2.89. The third-order valence-corrected chi connectivity index (χ3v) is 5.68. The Morgan fingerprint density at radius 3 is 2.88 bits per heavy atom. The SMILES string of the molecule is COCCn1c(=NC(=O)c2ccccc2I)sc2cc(Cl)ccc21. The van der Waals surface area contributed by atoms with Gasteiger partial charge in [-0.1, -0.05) is 35.1 Å². The molecular weight excluding hydrogens is 459 g/mol. The van der Waals surface area contributed by atoms with Crippen LogP contribution in [-0.4, -0.2) is 24.2 Å². The van der Waals surface area contributed by atoms with Gasteiger partial charge < -0.3 is 9.30 Å². The second-order valence-corrected chi connectivity index (χ2v) is 7.65. The van der Waals surface area contributed by atoms with Crippen LogP contribution in [0.4, 0.5) is 0 Å². The summed E-state index contributed by atoms with van der Waals surface area (Å²) in [5, 5.41) is 0.665.